The van der Waals surface area contributed by atoms with Crippen molar-refractivity contribution in [1.82, 2.24) is 20.6 Å². The SMILES string of the molecule is CCNC(=NCc1csc(N(C)C)n1)NCCCc1c[nH]c2ccccc12. The number of anilines is 1. The van der Waals surface area contributed by atoms with E-state index in [1.54, 1.807) is 11.3 Å². The Bertz CT molecular complexity index is 879. The Labute approximate surface area is 164 Å². The van der Waals surface area contributed by atoms with E-state index in [0.29, 0.717) is 6.54 Å². The number of nitrogens with zero attached hydrogens (tertiary/aromatic N) is 3. The summed E-state index contributed by atoms with van der Waals surface area (Å²) in [6, 6.07) is 8.45. The molecule has 1 aromatic carbocycles. The number of aromatic nitrogens is 2. The smallest absolute Gasteiger partial charge is 0.191 e. The van der Waals surface area contributed by atoms with Gasteiger partial charge in [-0.15, -0.1) is 11.3 Å². The lowest BCUT2D eigenvalue weighted by atomic mass is 10.1. The number of para-hydroxylation sites is 1. The number of aryl methyl sites for hydroxylation is 1. The molecule has 0 aliphatic heterocycles. The second-order valence-electron chi connectivity index (χ2n) is 6.60. The van der Waals surface area contributed by atoms with Crippen LogP contribution in [0.5, 0.6) is 0 Å². The number of rotatable bonds is 8. The number of hydrogen-bond acceptors (Lipinski definition) is 4. The van der Waals surface area contributed by atoms with Crippen molar-refractivity contribution < 1.29 is 0 Å². The Kier molecular flexibility index (Phi) is 6.70. The third kappa shape index (κ3) is 5.23. The van der Waals surface area contributed by atoms with E-state index in [1.165, 1.54) is 16.5 Å². The topological polar surface area (TPSA) is 68.3 Å². The minimum atomic E-state index is 0.585. The molecule has 3 aromatic rings. The molecule has 6 nitrogen and oxygen atoms in total. The van der Waals surface area contributed by atoms with Gasteiger partial charge in [0.15, 0.2) is 11.1 Å². The monoisotopic (exact) mass is 384 g/mol. The number of H-pyrrole nitrogens is 1. The number of thiazole rings is 1. The number of hydrogen-bond donors (Lipinski definition) is 3. The van der Waals surface area contributed by atoms with Gasteiger partial charge in [0.05, 0.1) is 12.2 Å². The number of nitrogens with one attached hydrogen (secondary N) is 3. The molecule has 2 aromatic heterocycles. The van der Waals surface area contributed by atoms with Crippen molar-refractivity contribution in [2.24, 2.45) is 4.99 Å². The fraction of sp³-hybridized carbons (Fsp3) is 0.400. The molecular weight excluding hydrogens is 356 g/mol. The van der Waals surface area contributed by atoms with E-state index in [2.05, 4.69) is 68.4 Å². The molecule has 27 heavy (non-hydrogen) atoms. The Hall–Kier alpha value is -2.54. The lowest BCUT2D eigenvalue weighted by Crippen LogP contribution is -2.37. The summed E-state index contributed by atoms with van der Waals surface area (Å²) < 4.78 is 0. The molecule has 0 aliphatic rings. The van der Waals surface area contributed by atoms with E-state index < -0.39 is 0 Å². The summed E-state index contributed by atoms with van der Waals surface area (Å²) in [7, 11) is 4.01. The van der Waals surface area contributed by atoms with Gasteiger partial charge in [0.1, 0.15) is 0 Å². The van der Waals surface area contributed by atoms with E-state index in [9.17, 15) is 0 Å². The van der Waals surface area contributed by atoms with E-state index in [1.807, 2.05) is 19.0 Å². The number of guanidine groups is 1. The van der Waals surface area contributed by atoms with Crippen molar-refractivity contribution in [3.8, 4) is 0 Å². The number of fused-ring (bicyclic) bond motifs is 1. The highest BCUT2D eigenvalue weighted by atomic mass is 32.1. The summed E-state index contributed by atoms with van der Waals surface area (Å²) in [6.07, 6.45) is 4.21. The van der Waals surface area contributed by atoms with Crippen molar-refractivity contribution in [1.29, 1.82) is 0 Å². The molecule has 3 rings (SSSR count). The average Bonchev–Trinajstić information content (AvgIpc) is 3.30. The van der Waals surface area contributed by atoms with E-state index in [0.717, 1.165) is 42.7 Å². The number of aliphatic imine (C=N–C) groups is 1. The third-order valence-electron chi connectivity index (χ3n) is 4.26. The molecule has 0 amide bonds. The van der Waals surface area contributed by atoms with Gasteiger partial charge in [-0.25, -0.2) is 9.98 Å². The molecule has 0 spiro atoms. The third-order valence-corrected chi connectivity index (χ3v) is 5.31. The molecule has 0 unspecified atom stereocenters. The molecule has 7 heteroatoms. The van der Waals surface area contributed by atoms with Crippen LogP contribution in [0.2, 0.25) is 0 Å². The van der Waals surface area contributed by atoms with Crippen molar-refractivity contribution >= 4 is 33.3 Å². The van der Waals surface area contributed by atoms with Gasteiger partial charge in [-0.2, -0.15) is 0 Å². The Balaban J connectivity index is 1.50. The molecule has 0 saturated heterocycles. The zero-order valence-corrected chi connectivity index (χ0v) is 17.1. The van der Waals surface area contributed by atoms with Gasteiger partial charge in [-0.3, -0.25) is 0 Å². The van der Waals surface area contributed by atoms with Crippen LogP contribution in [0.4, 0.5) is 5.13 Å². The second-order valence-corrected chi connectivity index (χ2v) is 7.44. The first-order chi connectivity index (χ1) is 13.2. The highest BCUT2D eigenvalue weighted by molar-refractivity contribution is 7.13. The standard InChI is InChI=1S/C20H28N6S/c1-4-21-19(24-13-16-14-27-20(25-16)26(2)3)22-11-7-8-15-12-23-18-10-6-5-9-17(15)18/h5-6,9-10,12,14,23H,4,7-8,11,13H2,1-3H3,(H2,21,22,24). The lowest BCUT2D eigenvalue weighted by Gasteiger charge is -2.11. The minimum absolute atomic E-state index is 0.585. The predicted molar refractivity (Wildman–Crippen MR) is 116 cm³/mol. The van der Waals surface area contributed by atoms with Crippen LogP contribution >= 0.6 is 11.3 Å². The Morgan fingerprint density at radius 2 is 2.11 bits per heavy atom. The normalized spacial score (nSPS) is 11.7. The van der Waals surface area contributed by atoms with Crippen LogP contribution in [0, 0.1) is 0 Å². The van der Waals surface area contributed by atoms with Gasteiger partial charge in [0, 0.05) is 49.7 Å². The van der Waals surface area contributed by atoms with Crippen LogP contribution < -0.4 is 15.5 Å². The summed E-state index contributed by atoms with van der Waals surface area (Å²) in [5.74, 6) is 0.843. The van der Waals surface area contributed by atoms with Gasteiger partial charge in [0.2, 0.25) is 0 Å². The van der Waals surface area contributed by atoms with Crippen LogP contribution in [0.3, 0.4) is 0 Å². The maximum absolute atomic E-state index is 4.65. The first-order valence-electron chi connectivity index (χ1n) is 9.36. The van der Waals surface area contributed by atoms with Gasteiger partial charge in [-0.1, -0.05) is 18.2 Å². The highest BCUT2D eigenvalue weighted by Gasteiger charge is 2.05. The molecule has 2 heterocycles. The van der Waals surface area contributed by atoms with Crippen molar-refractivity contribution in [2.45, 2.75) is 26.3 Å². The van der Waals surface area contributed by atoms with Crippen LogP contribution in [0.15, 0.2) is 40.8 Å². The maximum Gasteiger partial charge on any atom is 0.191 e. The minimum Gasteiger partial charge on any atom is -0.361 e. The van der Waals surface area contributed by atoms with Crippen molar-refractivity contribution in [2.75, 3.05) is 32.1 Å². The molecule has 0 bridgehead atoms. The van der Waals surface area contributed by atoms with Crippen LogP contribution in [0.1, 0.15) is 24.6 Å². The van der Waals surface area contributed by atoms with Gasteiger partial charge in [0.25, 0.3) is 0 Å². The van der Waals surface area contributed by atoms with E-state index in [4.69, 9.17) is 0 Å². The first-order valence-corrected chi connectivity index (χ1v) is 10.2. The van der Waals surface area contributed by atoms with E-state index in [-0.39, 0.29) is 0 Å². The zero-order valence-electron chi connectivity index (χ0n) is 16.2. The van der Waals surface area contributed by atoms with Crippen LogP contribution in [-0.4, -0.2) is 43.1 Å². The lowest BCUT2D eigenvalue weighted by molar-refractivity contribution is 0.745. The van der Waals surface area contributed by atoms with Crippen LogP contribution in [-0.2, 0) is 13.0 Å². The highest BCUT2D eigenvalue weighted by Crippen LogP contribution is 2.19. The van der Waals surface area contributed by atoms with E-state index >= 15 is 0 Å². The summed E-state index contributed by atoms with van der Waals surface area (Å²) >= 11 is 1.65. The second kappa shape index (κ2) is 9.41. The average molecular weight is 385 g/mol. The molecule has 0 fully saturated rings. The molecule has 0 aliphatic carbocycles. The fourth-order valence-electron chi connectivity index (χ4n) is 2.90. The number of aromatic amines is 1. The van der Waals surface area contributed by atoms with Gasteiger partial charge in [-0.05, 0) is 31.4 Å². The summed E-state index contributed by atoms with van der Waals surface area (Å²) in [5.41, 5.74) is 3.57. The number of benzene rings is 1. The van der Waals surface area contributed by atoms with Gasteiger partial charge < -0.3 is 20.5 Å². The zero-order chi connectivity index (χ0) is 19.1. The Morgan fingerprint density at radius 3 is 2.89 bits per heavy atom. The predicted octanol–water partition coefficient (Wildman–Crippen LogP) is 3.38. The molecule has 0 radical (unpaired) electrons. The fourth-order valence-corrected chi connectivity index (χ4v) is 3.65. The molecule has 0 atom stereocenters. The first kappa shape index (κ1) is 19.2. The molecule has 0 saturated carbocycles. The summed E-state index contributed by atoms with van der Waals surface area (Å²) in [5, 5.41) is 11.1. The van der Waals surface area contributed by atoms with Crippen LogP contribution in [0.25, 0.3) is 10.9 Å². The van der Waals surface area contributed by atoms with Crippen molar-refractivity contribution in [3.05, 3.63) is 47.1 Å². The maximum atomic E-state index is 4.65. The quantitative estimate of drug-likeness (QED) is 0.316. The Morgan fingerprint density at radius 1 is 1.26 bits per heavy atom. The molecular formula is C20H28N6S. The summed E-state index contributed by atoms with van der Waals surface area (Å²) in [4.78, 5) is 14.6. The van der Waals surface area contributed by atoms with Gasteiger partial charge >= 0.3 is 0 Å². The van der Waals surface area contributed by atoms with Crippen molar-refractivity contribution in [3.63, 3.8) is 0 Å². The largest absolute Gasteiger partial charge is 0.361 e. The summed E-state index contributed by atoms with van der Waals surface area (Å²) in [6.45, 7) is 4.39. The molecule has 3 N–H and O–H groups in total. The molecule has 144 valence electrons.